The molecule has 1 unspecified atom stereocenters. The molecule has 1 amide bonds. The number of carbonyl (C=O) groups is 1. The van der Waals surface area contributed by atoms with Crippen LogP contribution in [-0.2, 0) is 14.8 Å². The second-order valence-corrected chi connectivity index (χ2v) is 6.53. The van der Waals surface area contributed by atoms with Gasteiger partial charge in [-0.05, 0) is 31.7 Å². The molecule has 0 spiro atoms. The van der Waals surface area contributed by atoms with Crippen LogP contribution in [0.1, 0.15) is 12.8 Å². The maximum absolute atomic E-state index is 11.8. The monoisotopic (exact) mass is 298 g/mol. The molecule has 1 fully saturated rings. The molecule has 20 heavy (non-hydrogen) atoms. The van der Waals surface area contributed by atoms with Crippen molar-refractivity contribution in [3.05, 3.63) is 18.2 Å². The number of nitrogens with two attached hydrogens (primary N) is 1. The molecule has 0 saturated carbocycles. The summed E-state index contributed by atoms with van der Waals surface area (Å²) in [6, 6.07) is 4.54. The summed E-state index contributed by atoms with van der Waals surface area (Å²) < 4.78 is 25.8. The van der Waals surface area contributed by atoms with Crippen LogP contribution >= 0.6 is 0 Å². The molecular formula is C12H18N4O3S. The fourth-order valence-corrected chi connectivity index (χ4v) is 2.78. The molecule has 2 rings (SSSR count). The molecule has 0 aromatic heterocycles. The highest BCUT2D eigenvalue weighted by molar-refractivity contribution is 7.89. The summed E-state index contributed by atoms with van der Waals surface area (Å²) in [6.07, 6.45) is 1.14. The van der Waals surface area contributed by atoms with Crippen molar-refractivity contribution in [3.8, 4) is 0 Å². The van der Waals surface area contributed by atoms with Crippen LogP contribution in [0.5, 0.6) is 0 Å². The van der Waals surface area contributed by atoms with Gasteiger partial charge in [-0.2, -0.15) is 0 Å². The van der Waals surface area contributed by atoms with Gasteiger partial charge in [-0.1, -0.05) is 0 Å². The lowest BCUT2D eigenvalue weighted by atomic mass is 10.1. The fourth-order valence-electron chi connectivity index (χ4n) is 2.02. The second kappa shape index (κ2) is 5.68. The third kappa shape index (κ3) is 3.20. The average molecular weight is 298 g/mol. The maximum Gasteiger partial charge on any atom is 0.240 e. The first-order chi connectivity index (χ1) is 9.42. The van der Waals surface area contributed by atoms with Crippen LogP contribution in [0.4, 0.5) is 11.4 Å². The molecule has 1 aliphatic rings. The number of amides is 1. The molecule has 7 nitrogen and oxygen atoms in total. The predicted molar refractivity (Wildman–Crippen MR) is 76.8 cm³/mol. The lowest BCUT2D eigenvalue weighted by Gasteiger charge is -2.25. The van der Waals surface area contributed by atoms with E-state index in [0.717, 1.165) is 0 Å². The fraction of sp³-hybridized carbons (Fsp3) is 0.417. The van der Waals surface area contributed by atoms with Gasteiger partial charge >= 0.3 is 0 Å². The van der Waals surface area contributed by atoms with Crippen molar-refractivity contribution in [2.24, 2.45) is 0 Å². The van der Waals surface area contributed by atoms with Crippen molar-refractivity contribution < 1.29 is 13.2 Å². The minimum atomic E-state index is -3.50. The highest BCUT2D eigenvalue weighted by Crippen LogP contribution is 2.24. The van der Waals surface area contributed by atoms with Gasteiger partial charge in [0.15, 0.2) is 0 Å². The molecule has 1 aromatic carbocycles. The van der Waals surface area contributed by atoms with Gasteiger partial charge in [0.1, 0.15) is 0 Å². The van der Waals surface area contributed by atoms with Crippen LogP contribution in [0, 0.1) is 0 Å². The number of nitrogens with one attached hydrogen (secondary N) is 3. The van der Waals surface area contributed by atoms with Crippen LogP contribution in [0.15, 0.2) is 23.1 Å². The summed E-state index contributed by atoms with van der Waals surface area (Å²) >= 11 is 0. The quantitative estimate of drug-likeness (QED) is 0.578. The second-order valence-electron chi connectivity index (χ2n) is 4.64. The number of sulfonamides is 1. The Morgan fingerprint density at radius 1 is 1.40 bits per heavy atom. The third-order valence-electron chi connectivity index (χ3n) is 3.23. The molecule has 8 heteroatoms. The molecule has 0 radical (unpaired) electrons. The zero-order chi connectivity index (χ0) is 14.8. The largest absolute Gasteiger partial charge is 0.397 e. The van der Waals surface area contributed by atoms with Gasteiger partial charge in [-0.3, -0.25) is 4.79 Å². The molecule has 5 N–H and O–H groups in total. The number of carbonyl (C=O) groups excluding carboxylic acids is 1. The highest BCUT2D eigenvalue weighted by Gasteiger charge is 2.19. The summed E-state index contributed by atoms with van der Waals surface area (Å²) in [5.41, 5.74) is 6.88. The van der Waals surface area contributed by atoms with E-state index in [1.165, 1.54) is 19.2 Å². The van der Waals surface area contributed by atoms with Gasteiger partial charge in [0.05, 0.1) is 16.3 Å². The van der Waals surface area contributed by atoms with Gasteiger partial charge in [0.25, 0.3) is 0 Å². The Balaban J connectivity index is 2.19. The van der Waals surface area contributed by atoms with E-state index in [1.54, 1.807) is 6.07 Å². The van der Waals surface area contributed by atoms with Crippen LogP contribution in [0.3, 0.4) is 0 Å². The van der Waals surface area contributed by atoms with Gasteiger partial charge in [-0.25, -0.2) is 13.1 Å². The van der Waals surface area contributed by atoms with Crippen LogP contribution in [0.2, 0.25) is 0 Å². The van der Waals surface area contributed by atoms with Gasteiger partial charge in [0.2, 0.25) is 15.9 Å². The number of nitrogen functional groups attached to an aromatic ring is 1. The number of piperidine rings is 1. The number of hydrogen-bond acceptors (Lipinski definition) is 5. The summed E-state index contributed by atoms with van der Waals surface area (Å²) in [6.45, 7) is 0.501. The van der Waals surface area contributed by atoms with Crippen LogP contribution < -0.4 is 21.1 Å². The highest BCUT2D eigenvalue weighted by atomic mass is 32.2. The number of benzene rings is 1. The number of hydrogen-bond donors (Lipinski definition) is 4. The molecular weight excluding hydrogens is 280 g/mol. The number of anilines is 2. The molecule has 1 aliphatic heterocycles. The minimum absolute atomic E-state index is 0.0301. The van der Waals surface area contributed by atoms with E-state index in [9.17, 15) is 13.2 Å². The smallest absolute Gasteiger partial charge is 0.240 e. The molecule has 1 heterocycles. The Morgan fingerprint density at radius 2 is 2.15 bits per heavy atom. The van der Waals surface area contributed by atoms with Crippen LogP contribution in [0.25, 0.3) is 0 Å². The van der Waals surface area contributed by atoms with Gasteiger partial charge in [0, 0.05) is 19.0 Å². The first-order valence-corrected chi connectivity index (χ1v) is 7.77. The molecule has 0 aliphatic carbocycles. The SMILES string of the molecule is CNS(=O)(=O)c1ccc(N)c(NC2CCC(=O)NC2)c1. The Bertz CT molecular complexity index is 605. The van der Waals surface area contributed by atoms with E-state index in [4.69, 9.17) is 5.73 Å². The van der Waals surface area contributed by atoms with E-state index in [-0.39, 0.29) is 16.8 Å². The van der Waals surface area contributed by atoms with Crippen LogP contribution in [-0.4, -0.2) is 34.0 Å². The predicted octanol–water partition coefficient (Wildman–Crippen LogP) is -0.133. The first kappa shape index (κ1) is 14.6. The third-order valence-corrected chi connectivity index (χ3v) is 4.64. The Hall–Kier alpha value is -1.80. The molecule has 1 saturated heterocycles. The van der Waals surface area contributed by atoms with Crippen molar-refractivity contribution in [2.75, 3.05) is 24.6 Å². The zero-order valence-electron chi connectivity index (χ0n) is 11.1. The maximum atomic E-state index is 11.8. The lowest BCUT2D eigenvalue weighted by Crippen LogP contribution is -2.42. The van der Waals surface area contributed by atoms with Crippen molar-refractivity contribution in [3.63, 3.8) is 0 Å². The molecule has 0 bridgehead atoms. The van der Waals surface area contributed by atoms with Crippen molar-refractivity contribution in [2.45, 2.75) is 23.8 Å². The van der Waals surface area contributed by atoms with Gasteiger partial charge in [-0.15, -0.1) is 0 Å². The van der Waals surface area contributed by atoms with E-state index < -0.39 is 10.0 Å². The summed E-state index contributed by atoms with van der Waals surface area (Å²) in [5.74, 6) is 0.0301. The summed E-state index contributed by atoms with van der Waals surface area (Å²) in [7, 11) is -2.15. The normalized spacial score (nSPS) is 19.4. The Labute approximate surface area is 118 Å². The van der Waals surface area contributed by atoms with E-state index in [2.05, 4.69) is 15.4 Å². The zero-order valence-corrected chi connectivity index (χ0v) is 12.0. The minimum Gasteiger partial charge on any atom is -0.397 e. The Morgan fingerprint density at radius 3 is 2.75 bits per heavy atom. The summed E-state index contributed by atoms with van der Waals surface area (Å²) in [5, 5.41) is 5.93. The summed E-state index contributed by atoms with van der Waals surface area (Å²) in [4.78, 5) is 11.3. The Kier molecular flexibility index (Phi) is 4.15. The topological polar surface area (TPSA) is 113 Å². The molecule has 1 atom stereocenters. The van der Waals surface area contributed by atoms with E-state index in [1.807, 2.05) is 0 Å². The van der Waals surface area contributed by atoms with E-state index in [0.29, 0.717) is 30.8 Å². The van der Waals surface area contributed by atoms with Gasteiger partial charge < -0.3 is 16.4 Å². The average Bonchev–Trinajstić information content (AvgIpc) is 2.43. The number of rotatable bonds is 4. The molecule has 110 valence electrons. The van der Waals surface area contributed by atoms with E-state index >= 15 is 0 Å². The molecule has 1 aromatic rings. The first-order valence-electron chi connectivity index (χ1n) is 6.28. The standard InChI is InChI=1S/C12H18N4O3S/c1-14-20(18,19)9-3-4-10(13)11(6-9)16-8-2-5-12(17)15-7-8/h3-4,6,8,14,16H,2,5,7,13H2,1H3,(H,15,17). The van der Waals surface area contributed by atoms with Crippen molar-refractivity contribution in [1.29, 1.82) is 0 Å². The van der Waals surface area contributed by atoms with Crippen molar-refractivity contribution in [1.82, 2.24) is 10.0 Å². The lowest BCUT2D eigenvalue weighted by molar-refractivity contribution is -0.122. The van der Waals surface area contributed by atoms with Crippen molar-refractivity contribution >= 4 is 27.3 Å².